The summed E-state index contributed by atoms with van der Waals surface area (Å²) in [7, 11) is 3.08. The van der Waals surface area contributed by atoms with Crippen LogP contribution in [0.15, 0.2) is 24.3 Å². The molecule has 0 saturated carbocycles. The van der Waals surface area contributed by atoms with Gasteiger partial charge in [0.15, 0.2) is 0 Å². The molecule has 94 valence electrons. The van der Waals surface area contributed by atoms with Crippen LogP contribution in [0.5, 0.6) is 5.75 Å². The third kappa shape index (κ3) is 4.10. The maximum absolute atomic E-state index is 11.6. The summed E-state index contributed by atoms with van der Waals surface area (Å²) >= 11 is 0. The van der Waals surface area contributed by atoms with E-state index >= 15 is 0 Å². The van der Waals surface area contributed by atoms with Crippen LogP contribution in [-0.4, -0.2) is 20.2 Å². The van der Waals surface area contributed by atoms with Crippen LogP contribution >= 0.6 is 0 Å². The van der Waals surface area contributed by atoms with Crippen molar-refractivity contribution in [3.8, 4) is 5.75 Å². The third-order valence-electron chi connectivity index (χ3n) is 2.79. The normalized spacial score (nSPS) is 11.9. The summed E-state index contributed by atoms with van der Waals surface area (Å²) in [6.07, 6.45) is 2.53. The van der Waals surface area contributed by atoms with Gasteiger partial charge in [-0.15, -0.1) is 0 Å². The van der Waals surface area contributed by atoms with Gasteiger partial charge in [0.25, 0.3) is 0 Å². The lowest BCUT2D eigenvalue weighted by atomic mass is 9.95. The van der Waals surface area contributed by atoms with E-state index in [0.29, 0.717) is 6.42 Å². The Labute approximate surface area is 103 Å². The first kappa shape index (κ1) is 13.6. The van der Waals surface area contributed by atoms with Gasteiger partial charge in [-0.1, -0.05) is 25.5 Å². The zero-order valence-corrected chi connectivity index (χ0v) is 10.7. The second kappa shape index (κ2) is 6.94. The number of carbonyl (C=O) groups excluding carboxylic acids is 1. The van der Waals surface area contributed by atoms with Crippen molar-refractivity contribution in [1.82, 2.24) is 0 Å². The Morgan fingerprint density at radius 1 is 1.35 bits per heavy atom. The minimum Gasteiger partial charge on any atom is -0.497 e. The van der Waals surface area contributed by atoms with Gasteiger partial charge in [-0.05, 0) is 30.5 Å². The lowest BCUT2D eigenvalue weighted by Gasteiger charge is -2.14. The van der Waals surface area contributed by atoms with Gasteiger partial charge in [0, 0.05) is 0 Å². The van der Waals surface area contributed by atoms with E-state index in [0.717, 1.165) is 24.2 Å². The summed E-state index contributed by atoms with van der Waals surface area (Å²) in [5, 5.41) is 0. The van der Waals surface area contributed by atoms with Crippen LogP contribution in [0.25, 0.3) is 0 Å². The Morgan fingerprint density at radius 2 is 2.12 bits per heavy atom. The second-order valence-electron chi connectivity index (χ2n) is 4.06. The number of hydrogen-bond acceptors (Lipinski definition) is 3. The van der Waals surface area contributed by atoms with Crippen molar-refractivity contribution in [1.29, 1.82) is 0 Å². The van der Waals surface area contributed by atoms with Gasteiger partial charge in [-0.25, -0.2) is 0 Å². The smallest absolute Gasteiger partial charge is 0.308 e. The van der Waals surface area contributed by atoms with Crippen molar-refractivity contribution >= 4 is 5.97 Å². The topological polar surface area (TPSA) is 35.5 Å². The quantitative estimate of drug-likeness (QED) is 0.712. The first-order chi connectivity index (χ1) is 8.21. The fraction of sp³-hybridized carbons (Fsp3) is 0.500. The molecule has 1 rings (SSSR count). The predicted octanol–water partition coefficient (Wildman–Crippen LogP) is 2.83. The van der Waals surface area contributed by atoms with Crippen LogP contribution in [0.2, 0.25) is 0 Å². The zero-order valence-electron chi connectivity index (χ0n) is 10.7. The molecule has 3 heteroatoms. The highest BCUT2D eigenvalue weighted by Crippen LogP contribution is 2.19. The molecular weight excluding hydrogens is 216 g/mol. The molecule has 0 radical (unpaired) electrons. The number of esters is 1. The Kier molecular flexibility index (Phi) is 5.53. The van der Waals surface area contributed by atoms with Crippen LogP contribution in [-0.2, 0) is 16.0 Å². The molecule has 0 bridgehead atoms. The predicted molar refractivity (Wildman–Crippen MR) is 67.1 cm³/mol. The molecule has 0 amide bonds. The molecule has 0 aromatic heterocycles. The number of rotatable bonds is 6. The van der Waals surface area contributed by atoms with Gasteiger partial charge < -0.3 is 9.47 Å². The molecule has 3 nitrogen and oxygen atoms in total. The van der Waals surface area contributed by atoms with Crippen molar-refractivity contribution in [3.05, 3.63) is 29.8 Å². The highest BCUT2D eigenvalue weighted by atomic mass is 16.5. The number of methoxy groups -OCH3 is 2. The number of benzene rings is 1. The summed E-state index contributed by atoms with van der Waals surface area (Å²) in [5.74, 6) is 0.634. The maximum Gasteiger partial charge on any atom is 0.308 e. The van der Waals surface area contributed by atoms with Crippen LogP contribution in [0, 0.1) is 5.92 Å². The molecule has 0 aliphatic carbocycles. The summed E-state index contributed by atoms with van der Waals surface area (Å²) in [4.78, 5) is 11.6. The minimum atomic E-state index is -0.130. The fourth-order valence-corrected chi connectivity index (χ4v) is 1.90. The Morgan fingerprint density at radius 3 is 2.71 bits per heavy atom. The van der Waals surface area contributed by atoms with Crippen molar-refractivity contribution in [2.75, 3.05) is 14.2 Å². The van der Waals surface area contributed by atoms with Gasteiger partial charge in [-0.3, -0.25) is 4.79 Å². The van der Waals surface area contributed by atoms with Gasteiger partial charge in [-0.2, -0.15) is 0 Å². The summed E-state index contributed by atoms with van der Waals surface area (Å²) in [6.45, 7) is 2.07. The first-order valence-corrected chi connectivity index (χ1v) is 5.92. The summed E-state index contributed by atoms with van der Waals surface area (Å²) in [5.41, 5.74) is 1.10. The number of ether oxygens (including phenoxy) is 2. The van der Waals surface area contributed by atoms with E-state index in [9.17, 15) is 4.79 Å². The van der Waals surface area contributed by atoms with Crippen molar-refractivity contribution in [2.45, 2.75) is 26.2 Å². The van der Waals surface area contributed by atoms with E-state index in [1.165, 1.54) is 7.11 Å². The van der Waals surface area contributed by atoms with E-state index in [1.807, 2.05) is 24.3 Å². The Bertz CT molecular complexity index is 360. The highest BCUT2D eigenvalue weighted by molar-refractivity contribution is 5.72. The molecule has 0 unspecified atom stereocenters. The van der Waals surface area contributed by atoms with Gasteiger partial charge in [0.05, 0.1) is 20.1 Å². The lowest BCUT2D eigenvalue weighted by molar-refractivity contribution is -0.145. The van der Waals surface area contributed by atoms with Gasteiger partial charge >= 0.3 is 5.97 Å². The molecule has 0 aliphatic heterocycles. The van der Waals surface area contributed by atoms with Crippen LogP contribution in [0.3, 0.4) is 0 Å². The average molecular weight is 236 g/mol. The summed E-state index contributed by atoms with van der Waals surface area (Å²) in [6, 6.07) is 7.81. The molecule has 1 aromatic rings. The van der Waals surface area contributed by atoms with E-state index < -0.39 is 0 Å². The largest absolute Gasteiger partial charge is 0.497 e. The van der Waals surface area contributed by atoms with Crippen LogP contribution in [0.1, 0.15) is 25.3 Å². The van der Waals surface area contributed by atoms with Crippen molar-refractivity contribution in [3.63, 3.8) is 0 Å². The molecule has 0 aliphatic rings. The lowest BCUT2D eigenvalue weighted by Crippen LogP contribution is -2.18. The van der Waals surface area contributed by atoms with E-state index in [-0.39, 0.29) is 11.9 Å². The Balaban J connectivity index is 2.74. The second-order valence-corrected chi connectivity index (χ2v) is 4.06. The van der Waals surface area contributed by atoms with Crippen LogP contribution in [0.4, 0.5) is 0 Å². The molecule has 1 atom stereocenters. The third-order valence-corrected chi connectivity index (χ3v) is 2.79. The minimum absolute atomic E-state index is 0.0582. The maximum atomic E-state index is 11.6. The first-order valence-electron chi connectivity index (χ1n) is 5.92. The van der Waals surface area contributed by atoms with Gasteiger partial charge in [0.1, 0.15) is 5.75 Å². The molecule has 0 fully saturated rings. The molecule has 1 aromatic carbocycles. The number of hydrogen-bond donors (Lipinski definition) is 0. The number of carbonyl (C=O) groups is 1. The molecule has 17 heavy (non-hydrogen) atoms. The monoisotopic (exact) mass is 236 g/mol. The standard InChI is InChI=1S/C14H20O3/c1-4-6-12(14(15)17-3)9-11-7-5-8-13(10-11)16-2/h5,7-8,10,12H,4,6,9H2,1-3H3/t12-/m0/s1. The summed E-state index contributed by atoms with van der Waals surface area (Å²) < 4.78 is 9.99. The van der Waals surface area contributed by atoms with E-state index in [1.54, 1.807) is 7.11 Å². The zero-order chi connectivity index (χ0) is 12.7. The molecular formula is C14H20O3. The van der Waals surface area contributed by atoms with Crippen LogP contribution < -0.4 is 4.74 Å². The fourth-order valence-electron chi connectivity index (χ4n) is 1.90. The molecule has 0 spiro atoms. The van der Waals surface area contributed by atoms with Gasteiger partial charge in [0.2, 0.25) is 0 Å². The van der Waals surface area contributed by atoms with E-state index in [4.69, 9.17) is 9.47 Å². The van der Waals surface area contributed by atoms with E-state index in [2.05, 4.69) is 6.92 Å². The SMILES string of the molecule is CCC[C@@H](Cc1cccc(OC)c1)C(=O)OC. The van der Waals surface area contributed by atoms with Crippen molar-refractivity contribution in [2.24, 2.45) is 5.92 Å². The molecule has 0 saturated heterocycles. The molecule has 0 N–H and O–H groups in total. The molecule has 0 heterocycles. The average Bonchev–Trinajstić information content (AvgIpc) is 2.37. The highest BCUT2D eigenvalue weighted by Gasteiger charge is 2.18. The Hall–Kier alpha value is -1.51. The van der Waals surface area contributed by atoms with Crippen molar-refractivity contribution < 1.29 is 14.3 Å².